The summed E-state index contributed by atoms with van der Waals surface area (Å²) < 4.78 is 25.1. The number of nitrogens with one attached hydrogen (secondary N) is 1. The highest BCUT2D eigenvalue weighted by atomic mass is 32.2. The van der Waals surface area contributed by atoms with E-state index in [1.54, 1.807) is 48.2 Å². The molecular weight excluding hydrogens is 469 g/mol. The van der Waals surface area contributed by atoms with Gasteiger partial charge < -0.3 is 19.9 Å². The maximum absolute atomic E-state index is 13.5. The van der Waals surface area contributed by atoms with Crippen LogP contribution < -0.4 is 14.8 Å². The number of carbonyl (C=O) groups excluding carboxylic acids is 1. The highest BCUT2D eigenvalue weighted by Crippen LogP contribution is 2.38. The lowest BCUT2D eigenvalue weighted by Crippen LogP contribution is -2.12. The molecule has 0 unspecified atom stereocenters. The van der Waals surface area contributed by atoms with E-state index in [4.69, 9.17) is 14.6 Å². The van der Waals surface area contributed by atoms with Crippen molar-refractivity contribution in [2.75, 3.05) is 12.4 Å². The first-order valence-electron chi connectivity index (χ1n) is 10.9. The first-order valence-corrected chi connectivity index (χ1v) is 11.9. The van der Waals surface area contributed by atoms with E-state index in [1.807, 2.05) is 6.07 Å². The van der Waals surface area contributed by atoms with Crippen molar-refractivity contribution in [3.8, 4) is 17.2 Å². The lowest BCUT2D eigenvalue weighted by atomic mass is 10.1. The van der Waals surface area contributed by atoms with Gasteiger partial charge in [0.15, 0.2) is 11.5 Å². The Bertz CT molecular complexity index is 1220. The van der Waals surface area contributed by atoms with Crippen LogP contribution in [0.4, 0.5) is 10.1 Å². The first kappa shape index (κ1) is 26.1. The normalized spacial score (nSPS) is 11.1. The Morgan fingerprint density at radius 2 is 1.74 bits per heavy atom. The Hall–Kier alpha value is -3.52. The molecule has 0 fully saturated rings. The molecule has 2 N–H and O–H groups in total. The van der Waals surface area contributed by atoms with Crippen LogP contribution in [0.3, 0.4) is 0 Å². The molecule has 1 amide bonds. The van der Waals surface area contributed by atoms with Crippen LogP contribution in [0.15, 0.2) is 60.7 Å². The Balaban J connectivity index is 1.92. The number of methoxy groups -OCH3 is 1. The van der Waals surface area contributed by atoms with Gasteiger partial charge in [0.25, 0.3) is 5.91 Å². The number of rotatable bonds is 9. The Morgan fingerprint density at radius 1 is 1.00 bits per heavy atom. The zero-order chi connectivity index (χ0) is 25.6. The molecular formula is C27H28FNO5S. The maximum Gasteiger partial charge on any atom is 0.307 e. The molecule has 0 bridgehead atoms. The van der Waals surface area contributed by atoms with Crippen LogP contribution in [0.2, 0.25) is 0 Å². The van der Waals surface area contributed by atoms with Gasteiger partial charge in [0.1, 0.15) is 11.6 Å². The van der Waals surface area contributed by atoms with E-state index < -0.39 is 17.7 Å². The molecule has 0 atom stereocenters. The third-order valence-corrected chi connectivity index (χ3v) is 6.19. The second-order valence-corrected chi connectivity index (χ2v) is 10.6. The highest BCUT2D eigenvalue weighted by molar-refractivity contribution is 7.99. The molecule has 0 saturated heterocycles. The number of aliphatic carboxylic acids is 1. The minimum absolute atomic E-state index is 0.0167. The Labute approximate surface area is 208 Å². The number of amides is 1. The fraction of sp³-hybridized carbons (Fsp3) is 0.259. The fourth-order valence-corrected chi connectivity index (χ4v) is 4.01. The number of halogens is 1. The average molecular weight is 498 g/mol. The Kier molecular flexibility index (Phi) is 8.40. The largest absolute Gasteiger partial charge is 0.493 e. The Morgan fingerprint density at radius 3 is 2.40 bits per heavy atom. The predicted molar refractivity (Wildman–Crippen MR) is 136 cm³/mol. The highest BCUT2D eigenvalue weighted by Gasteiger charge is 2.17. The summed E-state index contributed by atoms with van der Waals surface area (Å²) in [5, 5.41) is 11.9. The molecule has 0 spiro atoms. The molecule has 184 valence electrons. The molecule has 8 heteroatoms. The van der Waals surface area contributed by atoms with Crippen molar-refractivity contribution in [1.82, 2.24) is 0 Å². The molecule has 0 saturated carbocycles. The van der Waals surface area contributed by atoms with E-state index in [9.17, 15) is 14.0 Å². The minimum atomic E-state index is -0.943. The second kappa shape index (κ2) is 11.3. The summed E-state index contributed by atoms with van der Waals surface area (Å²) in [6, 6.07) is 15.7. The molecule has 0 heterocycles. The molecule has 35 heavy (non-hydrogen) atoms. The number of hydrogen-bond donors (Lipinski definition) is 2. The van der Waals surface area contributed by atoms with Gasteiger partial charge in [-0.2, -0.15) is 11.8 Å². The van der Waals surface area contributed by atoms with Crippen molar-refractivity contribution in [3.63, 3.8) is 0 Å². The summed E-state index contributed by atoms with van der Waals surface area (Å²) in [5.74, 6) is 0.165. The molecule has 0 aliphatic heterocycles. The van der Waals surface area contributed by atoms with E-state index in [2.05, 4.69) is 26.1 Å². The van der Waals surface area contributed by atoms with Gasteiger partial charge in [-0.05, 0) is 54.1 Å². The van der Waals surface area contributed by atoms with Crippen LogP contribution in [0.25, 0.3) is 0 Å². The van der Waals surface area contributed by atoms with Gasteiger partial charge in [-0.1, -0.05) is 32.9 Å². The van der Waals surface area contributed by atoms with Crippen LogP contribution in [-0.2, 0) is 17.0 Å². The van der Waals surface area contributed by atoms with E-state index >= 15 is 0 Å². The molecule has 3 aromatic carbocycles. The molecule has 0 aliphatic carbocycles. The predicted octanol–water partition coefficient (Wildman–Crippen LogP) is 6.54. The van der Waals surface area contributed by atoms with Gasteiger partial charge in [0, 0.05) is 27.3 Å². The monoisotopic (exact) mass is 497 g/mol. The van der Waals surface area contributed by atoms with Gasteiger partial charge in [0.05, 0.1) is 13.5 Å². The van der Waals surface area contributed by atoms with E-state index in [1.165, 1.54) is 25.3 Å². The zero-order valence-corrected chi connectivity index (χ0v) is 20.9. The number of hydrogen-bond acceptors (Lipinski definition) is 5. The number of carboxylic acids is 1. The zero-order valence-electron chi connectivity index (χ0n) is 20.1. The molecule has 6 nitrogen and oxygen atoms in total. The van der Waals surface area contributed by atoms with E-state index in [-0.39, 0.29) is 16.7 Å². The summed E-state index contributed by atoms with van der Waals surface area (Å²) >= 11 is 1.71. The number of anilines is 1. The molecule has 0 radical (unpaired) electrons. The number of carbonyl (C=O) groups is 2. The van der Waals surface area contributed by atoms with Gasteiger partial charge in [0.2, 0.25) is 0 Å². The van der Waals surface area contributed by atoms with Gasteiger partial charge in [-0.15, -0.1) is 0 Å². The van der Waals surface area contributed by atoms with Crippen molar-refractivity contribution in [2.24, 2.45) is 0 Å². The van der Waals surface area contributed by atoms with Gasteiger partial charge in [-0.3, -0.25) is 9.59 Å². The fourth-order valence-electron chi connectivity index (χ4n) is 3.20. The average Bonchev–Trinajstić information content (AvgIpc) is 2.78. The smallest absolute Gasteiger partial charge is 0.307 e. The number of thioether (sulfide) groups is 1. The lowest BCUT2D eigenvalue weighted by Gasteiger charge is -2.20. The summed E-state index contributed by atoms with van der Waals surface area (Å²) in [4.78, 5) is 23.7. The third kappa shape index (κ3) is 7.75. The SMILES string of the molecule is COc1ccc(CC(=O)O)cc1Oc1ccc(NC(=O)c2cccc(F)c2)cc1CSC(C)(C)C. The van der Waals surface area contributed by atoms with Crippen LogP contribution in [0, 0.1) is 5.82 Å². The van der Waals surface area contributed by atoms with Crippen LogP contribution in [-0.4, -0.2) is 28.8 Å². The first-order chi connectivity index (χ1) is 16.5. The summed E-state index contributed by atoms with van der Waals surface area (Å²) in [5.41, 5.74) is 2.17. The second-order valence-electron chi connectivity index (χ2n) is 8.85. The molecule has 0 aliphatic rings. The topological polar surface area (TPSA) is 84.9 Å². The molecule has 3 aromatic rings. The molecule has 0 aromatic heterocycles. The number of ether oxygens (including phenoxy) is 2. The standard InChI is InChI=1S/C27H28FNO5S/c1-27(2,3)35-16-19-15-21(29-26(32)18-6-5-7-20(28)14-18)9-11-22(19)34-24-12-17(13-25(30)31)8-10-23(24)33-4/h5-12,14-15H,13,16H2,1-4H3,(H,29,32)(H,30,31). The van der Waals surface area contributed by atoms with Gasteiger partial charge in [-0.25, -0.2) is 4.39 Å². The summed E-state index contributed by atoms with van der Waals surface area (Å²) in [7, 11) is 1.51. The number of carboxylic acid groups (broad SMARTS) is 1. The number of benzene rings is 3. The minimum Gasteiger partial charge on any atom is -0.493 e. The summed E-state index contributed by atoms with van der Waals surface area (Å²) in [6.07, 6.45) is -0.141. The maximum atomic E-state index is 13.5. The van der Waals surface area contributed by atoms with Gasteiger partial charge >= 0.3 is 5.97 Å². The quantitative estimate of drug-likeness (QED) is 0.349. The van der Waals surface area contributed by atoms with E-state index in [0.29, 0.717) is 34.3 Å². The van der Waals surface area contributed by atoms with Crippen molar-refractivity contribution < 1.29 is 28.6 Å². The lowest BCUT2D eigenvalue weighted by molar-refractivity contribution is -0.136. The third-order valence-electron chi connectivity index (χ3n) is 4.87. The molecule has 3 rings (SSSR count). The van der Waals surface area contributed by atoms with Crippen molar-refractivity contribution in [2.45, 2.75) is 37.7 Å². The van der Waals surface area contributed by atoms with E-state index in [0.717, 1.165) is 5.56 Å². The van der Waals surface area contributed by atoms with Crippen LogP contribution in [0.1, 0.15) is 42.3 Å². The van der Waals surface area contributed by atoms with Crippen molar-refractivity contribution in [3.05, 3.63) is 83.2 Å². The van der Waals surface area contributed by atoms with Crippen LogP contribution in [0.5, 0.6) is 17.2 Å². The van der Waals surface area contributed by atoms with Crippen molar-refractivity contribution in [1.29, 1.82) is 0 Å². The van der Waals surface area contributed by atoms with Crippen LogP contribution >= 0.6 is 11.8 Å². The van der Waals surface area contributed by atoms with Crippen molar-refractivity contribution >= 4 is 29.3 Å². The summed E-state index contributed by atoms with van der Waals surface area (Å²) in [6.45, 7) is 6.31.